The van der Waals surface area contributed by atoms with E-state index in [1.807, 2.05) is 30.3 Å². The lowest BCUT2D eigenvalue weighted by atomic mass is 10.2. The second kappa shape index (κ2) is 11.8. The predicted octanol–water partition coefficient (Wildman–Crippen LogP) is 0.263. The minimum atomic E-state index is -1.52. The van der Waals surface area contributed by atoms with Crippen LogP contribution in [-0.2, 0) is 51.2 Å². The van der Waals surface area contributed by atoms with Crippen molar-refractivity contribution >= 4 is 23.6 Å². The van der Waals surface area contributed by atoms with Crippen LogP contribution in [0.15, 0.2) is 48.4 Å². The van der Waals surface area contributed by atoms with Crippen molar-refractivity contribution in [1.82, 2.24) is 20.3 Å². The molecule has 1 amide bonds. The molecule has 0 fully saturated rings. The van der Waals surface area contributed by atoms with E-state index in [0.717, 1.165) is 12.5 Å². The van der Waals surface area contributed by atoms with Crippen molar-refractivity contribution in [3.05, 3.63) is 59.6 Å². The van der Waals surface area contributed by atoms with E-state index in [1.54, 1.807) is 10.9 Å². The van der Waals surface area contributed by atoms with E-state index in [4.69, 9.17) is 18.9 Å². The van der Waals surface area contributed by atoms with Gasteiger partial charge in [0.1, 0.15) is 25.0 Å². The Labute approximate surface area is 194 Å². The fourth-order valence-corrected chi connectivity index (χ4v) is 2.93. The fourth-order valence-electron chi connectivity index (χ4n) is 2.93. The molecule has 2 heterocycles. The normalized spacial score (nSPS) is 17.6. The van der Waals surface area contributed by atoms with Crippen molar-refractivity contribution in [1.29, 1.82) is 0 Å². The first kappa shape index (κ1) is 24.7. The third-order valence-corrected chi connectivity index (χ3v) is 4.40. The molecule has 0 saturated heterocycles. The van der Waals surface area contributed by atoms with E-state index >= 15 is 0 Å². The molecule has 1 N–H and O–H groups in total. The summed E-state index contributed by atoms with van der Waals surface area (Å²) < 4.78 is 22.1. The van der Waals surface area contributed by atoms with Crippen LogP contribution in [0.1, 0.15) is 25.1 Å². The highest BCUT2D eigenvalue weighted by atomic mass is 16.7. The zero-order chi connectivity index (χ0) is 24.5. The second-order valence-corrected chi connectivity index (χ2v) is 7.28. The third-order valence-electron chi connectivity index (χ3n) is 4.40. The number of carbonyl (C=O) groups excluding carboxylic acids is 4. The molecule has 12 heteroatoms. The molecule has 1 aliphatic heterocycles. The topological polar surface area (TPSA) is 148 Å². The van der Waals surface area contributed by atoms with Gasteiger partial charge in [-0.1, -0.05) is 35.5 Å². The molecule has 0 unspecified atom stereocenters. The first-order valence-corrected chi connectivity index (χ1v) is 10.3. The molecule has 180 valence electrons. The number of aromatic nitrogens is 3. The van der Waals surface area contributed by atoms with Crippen LogP contribution in [0.3, 0.4) is 0 Å². The van der Waals surface area contributed by atoms with Crippen LogP contribution in [0.5, 0.6) is 0 Å². The monoisotopic (exact) mass is 472 g/mol. The number of ether oxygens (including phenoxy) is 4. The summed E-state index contributed by atoms with van der Waals surface area (Å²) in [6.45, 7) is 2.25. The number of rotatable bonds is 10. The highest BCUT2D eigenvalue weighted by Crippen LogP contribution is 2.19. The molecule has 0 bridgehead atoms. The van der Waals surface area contributed by atoms with E-state index in [0.29, 0.717) is 12.2 Å². The van der Waals surface area contributed by atoms with Crippen LogP contribution in [-0.4, -0.2) is 64.2 Å². The summed E-state index contributed by atoms with van der Waals surface area (Å²) in [6.07, 6.45) is 0.504. The smallest absolute Gasteiger partial charge is 0.308 e. The summed E-state index contributed by atoms with van der Waals surface area (Å²) in [4.78, 5) is 46.9. The average Bonchev–Trinajstić information content (AvgIpc) is 3.24. The Morgan fingerprint density at radius 1 is 1.15 bits per heavy atom. The number of esters is 2. The molecule has 0 spiro atoms. The van der Waals surface area contributed by atoms with Gasteiger partial charge in [-0.3, -0.25) is 19.2 Å². The zero-order valence-corrected chi connectivity index (χ0v) is 18.6. The maximum absolute atomic E-state index is 12.4. The number of hydrogen-bond acceptors (Lipinski definition) is 10. The van der Waals surface area contributed by atoms with E-state index in [1.165, 1.54) is 13.0 Å². The van der Waals surface area contributed by atoms with Gasteiger partial charge in [-0.25, -0.2) is 4.68 Å². The van der Waals surface area contributed by atoms with Crippen molar-refractivity contribution in [3.63, 3.8) is 0 Å². The van der Waals surface area contributed by atoms with Gasteiger partial charge < -0.3 is 24.3 Å². The van der Waals surface area contributed by atoms with Crippen molar-refractivity contribution in [2.75, 3.05) is 13.2 Å². The Bertz CT molecular complexity index is 1070. The highest BCUT2D eigenvalue weighted by Gasteiger charge is 2.35. The minimum absolute atomic E-state index is 0.101. The van der Waals surface area contributed by atoms with E-state index in [9.17, 15) is 19.2 Å². The van der Waals surface area contributed by atoms with Gasteiger partial charge in [-0.15, -0.1) is 5.10 Å². The van der Waals surface area contributed by atoms with E-state index < -0.39 is 42.6 Å². The van der Waals surface area contributed by atoms with Gasteiger partial charge in [0.2, 0.25) is 12.2 Å². The maximum atomic E-state index is 12.4. The molecular formula is C22H24N4O8. The Morgan fingerprint density at radius 3 is 2.62 bits per heavy atom. The van der Waals surface area contributed by atoms with Gasteiger partial charge >= 0.3 is 11.9 Å². The van der Waals surface area contributed by atoms with Crippen molar-refractivity contribution < 1.29 is 38.1 Å². The van der Waals surface area contributed by atoms with Gasteiger partial charge in [0.15, 0.2) is 5.76 Å². The van der Waals surface area contributed by atoms with Crippen molar-refractivity contribution in [3.8, 4) is 0 Å². The Kier molecular flexibility index (Phi) is 8.60. The summed E-state index contributed by atoms with van der Waals surface area (Å²) in [5, 5.41) is 10.6. The molecule has 34 heavy (non-hydrogen) atoms. The zero-order valence-electron chi connectivity index (χ0n) is 18.6. The standard InChI is InChI=1S/C22H24N4O8/c1-14(27)31-12-18-8-19(33-15(2)28)21(30)22(34-18)32-13-20(29)23-9-17-11-26(25-24-17)10-16-6-4-3-5-7-16/h3-8,11,18,22H,9-10,12-13H2,1-2H3,(H,23,29)/t18-,22-/m0/s1. The number of hydrogen-bond donors (Lipinski definition) is 1. The van der Waals surface area contributed by atoms with Gasteiger partial charge in [-0.2, -0.15) is 0 Å². The second-order valence-electron chi connectivity index (χ2n) is 7.28. The lowest BCUT2D eigenvalue weighted by Gasteiger charge is -2.26. The molecular weight excluding hydrogens is 448 g/mol. The van der Waals surface area contributed by atoms with Crippen LogP contribution in [0.2, 0.25) is 0 Å². The van der Waals surface area contributed by atoms with Gasteiger partial charge in [-0.05, 0) is 11.6 Å². The summed E-state index contributed by atoms with van der Waals surface area (Å²) in [5.41, 5.74) is 1.60. The predicted molar refractivity (Wildman–Crippen MR) is 114 cm³/mol. The molecule has 2 atom stereocenters. The van der Waals surface area contributed by atoms with Gasteiger partial charge in [0.25, 0.3) is 5.78 Å². The van der Waals surface area contributed by atoms with Crippen molar-refractivity contribution in [2.45, 2.75) is 39.3 Å². The number of carbonyl (C=O) groups is 4. The van der Waals surface area contributed by atoms with Crippen LogP contribution >= 0.6 is 0 Å². The SMILES string of the molecule is CC(=O)OC[C@@H]1C=C(OC(C)=O)C(=O)[C@@H](OCC(=O)NCc2cn(Cc3ccccc3)nn2)O1. The molecule has 12 nitrogen and oxygen atoms in total. The minimum Gasteiger partial charge on any atom is -0.463 e. The van der Waals surface area contributed by atoms with Gasteiger partial charge in [0.05, 0.1) is 19.3 Å². The number of Topliss-reactive ketones (excluding diaryl/α,β-unsaturated/α-hetero) is 1. The summed E-state index contributed by atoms with van der Waals surface area (Å²) in [5.74, 6) is -2.89. The third kappa shape index (κ3) is 7.60. The number of benzene rings is 1. The molecule has 0 aliphatic carbocycles. The number of amides is 1. The summed E-state index contributed by atoms with van der Waals surface area (Å²) in [7, 11) is 0. The first-order chi connectivity index (χ1) is 16.3. The van der Waals surface area contributed by atoms with E-state index in [2.05, 4.69) is 15.6 Å². The Hall–Kier alpha value is -3.90. The van der Waals surface area contributed by atoms with Crippen LogP contribution in [0.4, 0.5) is 0 Å². The molecule has 1 aliphatic rings. The molecule has 2 aromatic rings. The highest BCUT2D eigenvalue weighted by molar-refractivity contribution is 5.98. The molecule has 0 saturated carbocycles. The largest absolute Gasteiger partial charge is 0.463 e. The van der Waals surface area contributed by atoms with Crippen LogP contribution in [0, 0.1) is 0 Å². The fraction of sp³-hybridized carbons (Fsp3) is 0.364. The molecule has 3 rings (SSSR count). The number of nitrogens with one attached hydrogen (secondary N) is 1. The van der Waals surface area contributed by atoms with Crippen LogP contribution in [0.25, 0.3) is 0 Å². The average molecular weight is 472 g/mol. The Balaban J connectivity index is 1.49. The molecule has 1 aromatic heterocycles. The quantitative estimate of drug-likeness (QED) is 0.478. The lowest BCUT2D eigenvalue weighted by molar-refractivity contribution is -0.191. The first-order valence-electron chi connectivity index (χ1n) is 10.3. The summed E-state index contributed by atoms with van der Waals surface area (Å²) >= 11 is 0. The van der Waals surface area contributed by atoms with Gasteiger partial charge in [0, 0.05) is 13.8 Å². The number of ketones is 1. The Morgan fingerprint density at radius 2 is 1.91 bits per heavy atom. The lowest BCUT2D eigenvalue weighted by Crippen LogP contribution is -2.41. The van der Waals surface area contributed by atoms with Crippen LogP contribution < -0.4 is 5.32 Å². The molecule has 0 radical (unpaired) electrons. The van der Waals surface area contributed by atoms with E-state index in [-0.39, 0.29) is 18.9 Å². The summed E-state index contributed by atoms with van der Waals surface area (Å²) in [6, 6.07) is 9.71. The molecule has 1 aromatic carbocycles. The maximum Gasteiger partial charge on any atom is 0.308 e. The number of nitrogens with zero attached hydrogens (tertiary/aromatic N) is 3. The van der Waals surface area contributed by atoms with Crippen molar-refractivity contribution in [2.24, 2.45) is 0 Å².